The van der Waals surface area contributed by atoms with Crippen molar-refractivity contribution in [1.29, 1.82) is 0 Å². The van der Waals surface area contributed by atoms with Crippen LogP contribution in [0.25, 0.3) is 110 Å². The summed E-state index contributed by atoms with van der Waals surface area (Å²) in [5, 5.41) is 4.80. The minimum Gasteiger partial charge on any atom is -0.309 e. The van der Waals surface area contributed by atoms with Gasteiger partial charge in [0.2, 0.25) is 0 Å². The minimum absolute atomic E-state index is 0.113. The van der Waals surface area contributed by atoms with Gasteiger partial charge in [-0.2, -0.15) is 0 Å². The fraction of sp³-hybridized carbons (Fsp3) is 0.0270. The molecule has 0 saturated heterocycles. The number of hydrogen-bond donors (Lipinski definition) is 0. The Morgan fingerprint density at radius 1 is 0.309 bits per heavy atom. The number of allylic oxidation sites excluding steroid dienone is 5. The SMILES string of the molecule is Fc1ccc2c(c1)c1cc(F)ccc1n2-c1ccc(-c2ccc3c(c2)c2cc(-c4ccc(-n5c6ccc(F)cc6c6cc(F)ccc65)cc4)ccc2n3-c2ccc(C3c4ccccc4C(c4ccccc4)=C4C=CC=CC43)cc2)cc1. The van der Waals surface area contributed by atoms with Gasteiger partial charge in [-0.25, -0.2) is 17.6 Å². The molecule has 0 radical (unpaired) electrons. The van der Waals surface area contributed by atoms with Crippen LogP contribution in [0.3, 0.4) is 0 Å². The Kier molecular flexibility index (Phi) is 10.5. The Hall–Kier alpha value is -10.2. The second-order valence-corrected chi connectivity index (χ2v) is 21.3. The molecular weight excluding hydrogens is 1010 g/mol. The smallest absolute Gasteiger partial charge is 0.123 e. The summed E-state index contributed by atoms with van der Waals surface area (Å²) < 4.78 is 64.9. The van der Waals surface area contributed by atoms with Crippen LogP contribution >= 0.6 is 0 Å². The van der Waals surface area contributed by atoms with Crippen LogP contribution in [-0.2, 0) is 0 Å². The molecule has 384 valence electrons. The number of fused-ring (bicyclic) bond motifs is 11. The van der Waals surface area contributed by atoms with E-state index in [0.29, 0.717) is 21.5 Å². The van der Waals surface area contributed by atoms with Crippen molar-refractivity contribution in [2.45, 2.75) is 5.92 Å². The quantitative estimate of drug-likeness (QED) is 0.141. The highest BCUT2D eigenvalue weighted by molar-refractivity contribution is 6.13. The molecule has 0 spiro atoms. The molecule has 11 aromatic carbocycles. The summed E-state index contributed by atoms with van der Waals surface area (Å²) in [7, 11) is 0. The van der Waals surface area contributed by atoms with E-state index in [-0.39, 0.29) is 35.1 Å². The van der Waals surface area contributed by atoms with Crippen molar-refractivity contribution < 1.29 is 17.6 Å². The zero-order valence-corrected chi connectivity index (χ0v) is 43.3. The number of benzene rings is 11. The van der Waals surface area contributed by atoms with Crippen LogP contribution in [-0.4, -0.2) is 13.7 Å². The summed E-state index contributed by atoms with van der Waals surface area (Å²) >= 11 is 0. The van der Waals surface area contributed by atoms with E-state index in [1.807, 2.05) is 0 Å². The maximum atomic E-state index is 14.6. The lowest BCUT2D eigenvalue weighted by Gasteiger charge is -2.37. The number of hydrogen-bond acceptors (Lipinski definition) is 0. The first-order valence-corrected chi connectivity index (χ1v) is 27.2. The van der Waals surface area contributed by atoms with Crippen LogP contribution in [0.4, 0.5) is 17.6 Å². The van der Waals surface area contributed by atoms with Gasteiger partial charge in [-0.05, 0) is 189 Å². The third-order valence-electron chi connectivity index (χ3n) is 16.9. The molecule has 16 rings (SSSR count). The molecule has 14 aromatic rings. The Bertz CT molecular complexity index is 4670. The maximum Gasteiger partial charge on any atom is 0.123 e. The van der Waals surface area contributed by atoms with Gasteiger partial charge in [-0.3, -0.25) is 0 Å². The Labute approximate surface area is 463 Å². The van der Waals surface area contributed by atoms with E-state index in [1.165, 1.54) is 81.9 Å². The largest absolute Gasteiger partial charge is 0.309 e. The predicted molar refractivity (Wildman–Crippen MR) is 323 cm³/mol. The van der Waals surface area contributed by atoms with Crippen molar-refractivity contribution >= 4 is 71.0 Å². The number of halogens is 4. The van der Waals surface area contributed by atoms with Gasteiger partial charge in [0.1, 0.15) is 23.3 Å². The second-order valence-electron chi connectivity index (χ2n) is 21.3. The van der Waals surface area contributed by atoms with E-state index >= 15 is 0 Å². The summed E-state index contributed by atoms with van der Waals surface area (Å²) in [5.74, 6) is -1.21. The van der Waals surface area contributed by atoms with Crippen LogP contribution in [0.1, 0.15) is 28.2 Å². The predicted octanol–water partition coefficient (Wildman–Crippen LogP) is 19.6. The first-order chi connectivity index (χ1) is 39.8. The van der Waals surface area contributed by atoms with Crippen molar-refractivity contribution in [3.8, 4) is 39.3 Å². The third kappa shape index (κ3) is 7.42. The molecule has 0 bridgehead atoms. The van der Waals surface area contributed by atoms with Crippen molar-refractivity contribution in [3.63, 3.8) is 0 Å². The van der Waals surface area contributed by atoms with Crippen LogP contribution in [0, 0.1) is 29.2 Å². The van der Waals surface area contributed by atoms with Crippen LogP contribution in [0.2, 0.25) is 0 Å². The number of aromatic nitrogens is 3. The summed E-state index contributed by atoms with van der Waals surface area (Å²) in [6, 6.07) is 77.6. The summed E-state index contributed by atoms with van der Waals surface area (Å²) in [6.07, 6.45) is 9.00. The molecule has 3 aromatic heterocycles. The Morgan fingerprint density at radius 2 is 0.691 bits per heavy atom. The highest BCUT2D eigenvalue weighted by Crippen LogP contribution is 2.50. The first kappa shape index (κ1) is 46.8. The van der Waals surface area contributed by atoms with Gasteiger partial charge in [0.15, 0.2) is 0 Å². The van der Waals surface area contributed by atoms with Crippen molar-refractivity contribution in [3.05, 3.63) is 312 Å². The molecule has 2 aliphatic carbocycles. The lowest BCUT2D eigenvalue weighted by molar-refractivity contribution is 0.628. The maximum absolute atomic E-state index is 14.6. The molecule has 81 heavy (non-hydrogen) atoms. The normalized spacial score (nSPS) is 15.0. The van der Waals surface area contributed by atoms with Crippen molar-refractivity contribution in [1.82, 2.24) is 13.7 Å². The van der Waals surface area contributed by atoms with Crippen molar-refractivity contribution in [2.24, 2.45) is 5.92 Å². The summed E-state index contributed by atoms with van der Waals surface area (Å²) in [4.78, 5) is 0. The number of nitrogens with zero attached hydrogens (tertiary/aromatic N) is 3. The molecule has 0 N–H and O–H groups in total. The van der Waals surface area contributed by atoms with Gasteiger partial charge < -0.3 is 13.7 Å². The van der Waals surface area contributed by atoms with E-state index in [4.69, 9.17) is 0 Å². The van der Waals surface area contributed by atoms with Gasteiger partial charge in [0.25, 0.3) is 0 Å². The molecule has 3 nitrogen and oxygen atoms in total. The van der Waals surface area contributed by atoms with Gasteiger partial charge in [0.05, 0.1) is 33.1 Å². The van der Waals surface area contributed by atoms with Gasteiger partial charge in [-0.1, -0.05) is 127 Å². The Morgan fingerprint density at radius 3 is 1.15 bits per heavy atom. The van der Waals surface area contributed by atoms with Crippen LogP contribution in [0.15, 0.2) is 266 Å². The Balaban J connectivity index is 0.817. The summed E-state index contributed by atoms with van der Waals surface area (Å²) in [5.41, 5.74) is 19.9. The van der Waals surface area contributed by atoms with E-state index in [1.54, 1.807) is 24.3 Å². The molecule has 0 saturated carbocycles. The fourth-order valence-electron chi connectivity index (χ4n) is 13.3. The molecule has 2 aliphatic rings. The van der Waals surface area contributed by atoms with Crippen LogP contribution in [0.5, 0.6) is 0 Å². The molecule has 2 unspecified atom stereocenters. The van der Waals surface area contributed by atoms with E-state index in [0.717, 1.165) is 83.2 Å². The average molecular weight is 1050 g/mol. The van der Waals surface area contributed by atoms with E-state index in [9.17, 15) is 17.6 Å². The van der Waals surface area contributed by atoms with Gasteiger partial charge in [0, 0.05) is 61.2 Å². The third-order valence-corrected chi connectivity index (χ3v) is 16.9. The molecule has 2 atom stereocenters. The standard InChI is InChI=1S/C74H45F4N3/c75-50-22-34-69-63(40-50)64-41-51(76)23-35-70(64)80(69)54-26-14-44(15-27-54)48-20-32-67-61(38-48)62-39-49(45-16-28-55(29-17-45)81-71-36-24-52(77)42-65(71)66-43-53(78)25-37-72(66)81)21-33-68(62)79(67)56-30-18-47(19-31-56)74-59-12-6-4-10-57(59)73(46-8-2-1-3-9-46)58-11-5-7-13-60(58)74/h1-43,59,74H. The van der Waals surface area contributed by atoms with E-state index < -0.39 is 0 Å². The van der Waals surface area contributed by atoms with Crippen LogP contribution < -0.4 is 0 Å². The number of rotatable bonds is 7. The zero-order valence-electron chi connectivity index (χ0n) is 43.3. The lowest BCUT2D eigenvalue weighted by atomic mass is 9.66. The lowest BCUT2D eigenvalue weighted by Crippen LogP contribution is -2.22. The topological polar surface area (TPSA) is 14.8 Å². The van der Waals surface area contributed by atoms with E-state index in [2.05, 4.69) is 202 Å². The highest BCUT2D eigenvalue weighted by Gasteiger charge is 2.35. The van der Waals surface area contributed by atoms with Gasteiger partial charge >= 0.3 is 0 Å². The molecule has 0 amide bonds. The second kappa shape index (κ2) is 18.2. The monoisotopic (exact) mass is 1050 g/mol. The summed E-state index contributed by atoms with van der Waals surface area (Å²) in [6.45, 7) is 0. The molecule has 3 heterocycles. The van der Waals surface area contributed by atoms with Crippen molar-refractivity contribution in [2.75, 3.05) is 0 Å². The van der Waals surface area contributed by atoms with Gasteiger partial charge in [-0.15, -0.1) is 0 Å². The fourth-order valence-corrected chi connectivity index (χ4v) is 13.3. The molecule has 0 aliphatic heterocycles. The minimum atomic E-state index is -0.371. The average Bonchev–Trinajstić information content (AvgIpc) is 4.28. The molecular formula is C74H45F4N3. The molecule has 0 fully saturated rings. The highest BCUT2D eigenvalue weighted by atomic mass is 19.1. The zero-order chi connectivity index (χ0) is 54.0. The first-order valence-electron chi connectivity index (χ1n) is 27.2. The molecule has 7 heteroatoms.